The fraction of sp³-hybridized carbons (Fsp3) is 0.700. The molecule has 0 aliphatic heterocycles. The second kappa shape index (κ2) is 6.32. The van der Waals surface area contributed by atoms with E-state index in [1.165, 1.54) is 11.3 Å². The van der Waals surface area contributed by atoms with Crippen LogP contribution in [-0.4, -0.2) is 40.9 Å². The van der Waals surface area contributed by atoms with Gasteiger partial charge in [0.2, 0.25) is 0 Å². The van der Waals surface area contributed by atoms with Gasteiger partial charge >= 0.3 is 6.18 Å². The van der Waals surface area contributed by atoms with E-state index in [-0.39, 0.29) is 19.7 Å². The first kappa shape index (κ1) is 14.4. The van der Waals surface area contributed by atoms with E-state index in [2.05, 4.69) is 4.98 Å². The molecule has 0 aromatic carbocycles. The Kier molecular flexibility index (Phi) is 5.35. The van der Waals surface area contributed by atoms with Gasteiger partial charge < -0.3 is 5.11 Å². The number of aryl methyl sites for hydroxylation is 1. The van der Waals surface area contributed by atoms with Crippen molar-refractivity contribution in [1.29, 1.82) is 0 Å². The second-order valence-electron chi connectivity index (χ2n) is 3.64. The lowest BCUT2D eigenvalue weighted by Gasteiger charge is -2.21. The Hall–Kier alpha value is -0.660. The van der Waals surface area contributed by atoms with Crippen LogP contribution in [0.1, 0.15) is 17.6 Å². The van der Waals surface area contributed by atoms with Crippen LogP contribution < -0.4 is 0 Å². The molecule has 0 fully saturated rings. The third-order valence-corrected chi connectivity index (χ3v) is 3.15. The molecule has 98 valence electrons. The van der Waals surface area contributed by atoms with Crippen LogP contribution in [-0.2, 0) is 13.0 Å². The summed E-state index contributed by atoms with van der Waals surface area (Å²) in [5, 5.41) is 11.4. The number of halogens is 3. The van der Waals surface area contributed by atoms with Crippen LogP contribution in [0.4, 0.5) is 13.2 Å². The maximum Gasteiger partial charge on any atom is 0.401 e. The number of nitrogens with zero attached hydrogens (tertiary/aromatic N) is 2. The molecule has 1 heterocycles. The highest BCUT2D eigenvalue weighted by atomic mass is 32.1. The molecule has 0 spiro atoms. The van der Waals surface area contributed by atoms with E-state index >= 15 is 0 Å². The molecule has 0 atom stereocenters. The molecule has 3 nitrogen and oxygen atoms in total. The van der Waals surface area contributed by atoms with Crippen molar-refractivity contribution in [2.45, 2.75) is 26.1 Å². The Bertz CT molecular complexity index is 341. The lowest BCUT2D eigenvalue weighted by molar-refractivity contribution is -0.148. The summed E-state index contributed by atoms with van der Waals surface area (Å²) in [5.41, 5.74) is 0.629. The topological polar surface area (TPSA) is 36.4 Å². The molecule has 1 aromatic heterocycles. The first-order chi connectivity index (χ1) is 7.94. The van der Waals surface area contributed by atoms with Crippen molar-refractivity contribution in [1.82, 2.24) is 9.88 Å². The zero-order chi connectivity index (χ0) is 12.9. The number of thiazole rings is 1. The van der Waals surface area contributed by atoms with Crippen molar-refractivity contribution in [3.05, 3.63) is 16.1 Å². The average Bonchev–Trinajstić information content (AvgIpc) is 2.63. The third-order valence-electron chi connectivity index (χ3n) is 2.11. The summed E-state index contributed by atoms with van der Waals surface area (Å²) in [7, 11) is 0. The van der Waals surface area contributed by atoms with Gasteiger partial charge in [-0.25, -0.2) is 4.98 Å². The first-order valence-electron chi connectivity index (χ1n) is 5.28. The van der Waals surface area contributed by atoms with Crippen molar-refractivity contribution in [3.63, 3.8) is 0 Å². The summed E-state index contributed by atoms with van der Waals surface area (Å²) in [6.07, 6.45) is -3.47. The first-order valence-corrected chi connectivity index (χ1v) is 6.15. The molecule has 1 N–H and O–H groups in total. The predicted octanol–water partition coefficient (Wildman–Crippen LogP) is 2.06. The molecule has 0 aliphatic rings. The zero-order valence-corrected chi connectivity index (χ0v) is 10.3. The minimum Gasteiger partial charge on any atom is -0.395 e. The van der Waals surface area contributed by atoms with Gasteiger partial charge in [-0.3, -0.25) is 4.90 Å². The molecule has 0 saturated heterocycles. The van der Waals surface area contributed by atoms with Crippen LogP contribution in [0.15, 0.2) is 5.38 Å². The Morgan fingerprint density at radius 1 is 1.47 bits per heavy atom. The molecule has 0 radical (unpaired) electrons. The predicted molar refractivity (Wildman–Crippen MR) is 59.9 cm³/mol. The lowest BCUT2D eigenvalue weighted by Crippen LogP contribution is -2.35. The van der Waals surface area contributed by atoms with Crippen molar-refractivity contribution < 1.29 is 18.3 Å². The van der Waals surface area contributed by atoms with Crippen LogP contribution in [0.2, 0.25) is 0 Å². The van der Waals surface area contributed by atoms with E-state index in [1.54, 1.807) is 5.38 Å². The molecule has 17 heavy (non-hydrogen) atoms. The lowest BCUT2D eigenvalue weighted by atomic mass is 10.4. The van der Waals surface area contributed by atoms with Gasteiger partial charge in [0.1, 0.15) is 0 Å². The Morgan fingerprint density at radius 3 is 2.65 bits per heavy atom. The van der Waals surface area contributed by atoms with Gasteiger partial charge in [-0.05, 0) is 6.42 Å². The average molecular weight is 268 g/mol. The standard InChI is InChI=1S/C10H15F3N2OS/c1-2-9-14-8(6-17-9)5-15(3-4-16)7-10(11,12)13/h6,16H,2-5,7H2,1H3. The van der Waals surface area contributed by atoms with Gasteiger partial charge in [-0.2, -0.15) is 13.2 Å². The molecule has 0 saturated carbocycles. The van der Waals surface area contributed by atoms with Crippen molar-refractivity contribution in [2.24, 2.45) is 0 Å². The summed E-state index contributed by atoms with van der Waals surface area (Å²) in [4.78, 5) is 5.36. The normalized spacial score (nSPS) is 12.4. The summed E-state index contributed by atoms with van der Waals surface area (Å²) < 4.78 is 36.8. The molecule has 1 aromatic rings. The van der Waals surface area contributed by atoms with E-state index in [1.807, 2.05) is 6.92 Å². The van der Waals surface area contributed by atoms with E-state index < -0.39 is 12.7 Å². The fourth-order valence-electron chi connectivity index (χ4n) is 1.42. The van der Waals surface area contributed by atoms with Gasteiger partial charge in [-0.1, -0.05) is 6.92 Å². The SMILES string of the molecule is CCc1nc(CN(CCO)CC(F)(F)F)cs1. The molecule has 0 unspecified atom stereocenters. The zero-order valence-electron chi connectivity index (χ0n) is 9.50. The van der Waals surface area contributed by atoms with Crippen molar-refractivity contribution in [3.8, 4) is 0 Å². The van der Waals surface area contributed by atoms with Crippen LogP contribution in [0.25, 0.3) is 0 Å². The number of aliphatic hydroxyl groups excluding tert-OH is 1. The Labute approximate surface area is 102 Å². The van der Waals surface area contributed by atoms with Crippen LogP contribution >= 0.6 is 11.3 Å². The van der Waals surface area contributed by atoms with Crippen molar-refractivity contribution >= 4 is 11.3 Å². The monoisotopic (exact) mass is 268 g/mol. The maximum atomic E-state index is 12.3. The molecule has 1 rings (SSSR count). The highest BCUT2D eigenvalue weighted by molar-refractivity contribution is 7.09. The van der Waals surface area contributed by atoms with Gasteiger partial charge in [0.15, 0.2) is 0 Å². The Balaban J connectivity index is 2.59. The van der Waals surface area contributed by atoms with Gasteiger partial charge in [0, 0.05) is 18.5 Å². The molecule has 0 amide bonds. The minimum absolute atomic E-state index is 0.00149. The highest BCUT2D eigenvalue weighted by Crippen LogP contribution is 2.18. The largest absolute Gasteiger partial charge is 0.401 e. The van der Waals surface area contributed by atoms with E-state index in [9.17, 15) is 13.2 Å². The van der Waals surface area contributed by atoms with E-state index in [0.717, 1.165) is 16.3 Å². The molecule has 7 heteroatoms. The van der Waals surface area contributed by atoms with Crippen LogP contribution in [0.3, 0.4) is 0 Å². The highest BCUT2D eigenvalue weighted by Gasteiger charge is 2.30. The van der Waals surface area contributed by atoms with E-state index in [4.69, 9.17) is 5.11 Å². The number of rotatable bonds is 6. The summed E-state index contributed by atoms with van der Waals surface area (Å²) in [5.74, 6) is 0. The minimum atomic E-state index is -4.25. The summed E-state index contributed by atoms with van der Waals surface area (Å²) in [6.45, 7) is 0.756. The fourth-order valence-corrected chi connectivity index (χ4v) is 2.16. The maximum absolute atomic E-state index is 12.3. The van der Waals surface area contributed by atoms with Gasteiger partial charge in [-0.15, -0.1) is 11.3 Å². The molecule has 0 aliphatic carbocycles. The summed E-state index contributed by atoms with van der Waals surface area (Å²) >= 11 is 1.45. The molecular weight excluding hydrogens is 253 g/mol. The van der Waals surface area contributed by atoms with Crippen LogP contribution in [0, 0.1) is 0 Å². The molecule has 0 bridgehead atoms. The number of alkyl halides is 3. The van der Waals surface area contributed by atoms with Gasteiger partial charge in [0.05, 0.1) is 23.9 Å². The number of hydrogen-bond donors (Lipinski definition) is 1. The smallest absolute Gasteiger partial charge is 0.395 e. The quantitative estimate of drug-likeness (QED) is 0.858. The van der Waals surface area contributed by atoms with E-state index in [0.29, 0.717) is 5.69 Å². The molecular formula is C10H15F3N2OS. The number of aromatic nitrogens is 1. The second-order valence-corrected chi connectivity index (χ2v) is 4.58. The number of aliphatic hydroxyl groups is 1. The summed E-state index contributed by atoms with van der Waals surface area (Å²) in [6, 6.07) is 0. The van der Waals surface area contributed by atoms with Gasteiger partial charge in [0.25, 0.3) is 0 Å². The van der Waals surface area contributed by atoms with Crippen molar-refractivity contribution in [2.75, 3.05) is 19.7 Å². The number of hydrogen-bond acceptors (Lipinski definition) is 4. The van der Waals surface area contributed by atoms with Crippen LogP contribution in [0.5, 0.6) is 0 Å². The third kappa shape index (κ3) is 5.47. The Morgan fingerprint density at radius 2 is 2.18 bits per heavy atom.